The van der Waals surface area contributed by atoms with Gasteiger partial charge in [0.2, 0.25) is 0 Å². The highest BCUT2D eigenvalue weighted by molar-refractivity contribution is 6.30. The van der Waals surface area contributed by atoms with Gasteiger partial charge in [0, 0.05) is 42.5 Å². The van der Waals surface area contributed by atoms with E-state index in [0.29, 0.717) is 23.4 Å². The van der Waals surface area contributed by atoms with Gasteiger partial charge in [-0.25, -0.2) is 18.2 Å². The predicted molar refractivity (Wildman–Crippen MR) is 153 cm³/mol. The van der Waals surface area contributed by atoms with Crippen LogP contribution in [0.1, 0.15) is 42.3 Å². The number of carboxylic acid groups (broad SMARTS) is 1. The van der Waals surface area contributed by atoms with Crippen LogP contribution < -0.4 is 5.32 Å². The molecule has 4 heterocycles. The zero-order valence-corrected chi connectivity index (χ0v) is 24.1. The molecule has 1 aliphatic heterocycles. The number of carbonyl (C=O) groups is 1. The average Bonchev–Trinajstić information content (AvgIpc) is 3.36. The number of nitrogens with one attached hydrogen (secondary N) is 2. The van der Waals surface area contributed by atoms with Crippen molar-refractivity contribution in [3.63, 3.8) is 0 Å². The molecule has 42 heavy (non-hydrogen) atoms. The van der Waals surface area contributed by atoms with Crippen LogP contribution in [0.2, 0.25) is 5.02 Å². The number of hydrogen-bond donors (Lipinski definition) is 3. The molecular formula is C30H30ClF3N6O2. The predicted octanol–water partition coefficient (Wildman–Crippen LogP) is 6.60. The third-order valence-corrected chi connectivity index (χ3v) is 8.19. The monoisotopic (exact) mass is 598 g/mol. The van der Waals surface area contributed by atoms with Crippen molar-refractivity contribution < 1.29 is 23.1 Å². The molecule has 3 aromatic heterocycles. The van der Waals surface area contributed by atoms with Crippen molar-refractivity contribution in [2.75, 3.05) is 11.9 Å². The fourth-order valence-electron chi connectivity index (χ4n) is 5.60. The Morgan fingerprint density at radius 3 is 2.64 bits per heavy atom. The van der Waals surface area contributed by atoms with Gasteiger partial charge in [0.05, 0.1) is 27.4 Å². The number of hydrogen-bond acceptors (Lipinski definition) is 6. The lowest BCUT2D eigenvalue weighted by atomic mass is 9.72. The van der Waals surface area contributed by atoms with Crippen molar-refractivity contribution in [2.24, 2.45) is 5.41 Å². The molecule has 1 aromatic carbocycles. The minimum Gasteiger partial charge on any atom is -0.481 e. The molecule has 0 amide bonds. The minimum atomic E-state index is -1.40. The lowest BCUT2D eigenvalue weighted by molar-refractivity contribution is -0.153. The molecular weight excluding hydrogens is 569 g/mol. The quantitative estimate of drug-likeness (QED) is 0.210. The van der Waals surface area contributed by atoms with E-state index in [1.54, 1.807) is 44.2 Å². The smallest absolute Gasteiger partial charge is 0.310 e. The zero-order valence-electron chi connectivity index (χ0n) is 23.3. The van der Waals surface area contributed by atoms with E-state index in [2.05, 4.69) is 25.5 Å². The van der Waals surface area contributed by atoms with Gasteiger partial charge in [-0.15, -0.1) is 0 Å². The van der Waals surface area contributed by atoms with Crippen LogP contribution in [-0.2, 0) is 17.8 Å². The summed E-state index contributed by atoms with van der Waals surface area (Å²) in [6, 6.07) is 9.46. The first kappa shape index (κ1) is 29.5. The highest BCUT2D eigenvalue weighted by Gasteiger charge is 2.46. The molecule has 0 saturated carbocycles. The number of aromatic amines is 1. The largest absolute Gasteiger partial charge is 0.481 e. The summed E-state index contributed by atoms with van der Waals surface area (Å²) in [6.45, 7) is 5.86. The van der Waals surface area contributed by atoms with E-state index in [1.807, 2.05) is 11.8 Å². The Labute approximate surface area is 246 Å². The second-order valence-electron chi connectivity index (χ2n) is 10.9. The number of H-pyrrole nitrogens is 1. The maximum absolute atomic E-state index is 16.2. The highest BCUT2D eigenvalue weighted by Crippen LogP contribution is 2.41. The molecule has 1 saturated heterocycles. The number of halogens is 4. The van der Waals surface area contributed by atoms with Crippen LogP contribution >= 0.6 is 11.6 Å². The Morgan fingerprint density at radius 2 is 1.98 bits per heavy atom. The Bertz CT molecular complexity index is 1650. The Hall–Kier alpha value is -3.96. The zero-order chi connectivity index (χ0) is 30.2. The van der Waals surface area contributed by atoms with Gasteiger partial charge >= 0.3 is 5.97 Å². The fraction of sp³-hybridized carbons (Fsp3) is 0.333. The second-order valence-corrected chi connectivity index (χ2v) is 11.3. The molecule has 220 valence electrons. The van der Waals surface area contributed by atoms with E-state index in [0.717, 1.165) is 0 Å². The Morgan fingerprint density at radius 1 is 1.19 bits per heavy atom. The Kier molecular flexibility index (Phi) is 8.25. The number of anilines is 2. The molecule has 4 aromatic rings. The van der Waals surface area contributed by atoms with Gasteiger partial charge in [-0.2, -0.15) is 5.10 Å². The van der Waals surface area contributed by atoms with Crippen LogP contribution in [-0.4, -0.2) is 48.7 Å². The summed E-state index contributed by atoms with van der Waals surface area (Å²) in [5.41, 5.74) is -0.242. The van der Waals surface area contributed by atoms with Gasteiger partial charge in [-0.05, 0) is 57.9 Å². The molecule has 5 rings (SSSR count). The first-order chi connectivity index (χ1) is 20.0. The maximum atomic E-state index is 16.2. The standard InChI is InChI=1S/C30H30ClF3N6O2/c1-16-6-5-10-35-27(16)23-25(33)21(36-28(26(23)34)37-22-12-17(2)38-39-22)14-30(29(41)42)9-11-40(18(3)13-30)15-19-7-4-8-20(31)24(19)32/h4-8,10,12,18H,9,11,13-15H2,1-3H3,(H,41,42)(H2,36,37,38,39)/t18-,30-/m1/s1. The molecule has 12 heteroatoms. The van der Waals surface area contributed by atoms with Gasteiger partial charge in [-0.3, -0.25) is 19.8 Å². The summed E-state index contributed by atoms with van der Waals surface area (Å²) in [6.07, 6.45) is 1.44. The summed E-state index contributed by atoms with van der Waals surface area (Å²) in [7, 11) is 0. The topological polar surface area (TPSA) is 107 Å². The van der Waals surface area contributed by atoms with Crippen LogP contribution in [0, 0.1) is 36.7 Å². The van der Waals surface area contributed by atoms with Gasteiger partial charge in [0.1, 0.15) is 5.82 Å². The number of pyridine rings is 2. The third kappa shape index (κ3) is 5.71. The number of aliphatic carboxylic acids is 1. The number of aryl methyl sites for hydroxylation is 2. The summed E-state index contributed by atoms with van der Waals surface area (Å²) >= 11 is 5.95. The summed E-state index contributed by atoms with van der Waals surface area (Å²) < 4.78 is 46.7. The maximum Gasteiger partial charge on any atom is 0.310 e. The number of likely N-dealkylation sites (tertiary alicyclic amines) is 1. The number of benzene rings is 1. The number of aromatic nitrogens is 4. The van der Waals surface area contributed by atoms with E-state index >= 15 is 8.78 Å². The number of carboxylic acids is 1. The lowest BCUT2D eigenvalue weighted by Crippen LogP contribution is -2.50. The normalized spacial score (nSPS) is 19.2. The molecule has 1 aliphatic rings. The molecule has 8 nitrogen and oxygen atoms in total. The molecule has 1 fully saturated rings. The first-order valence-electron chi connectivity index (χ1n) is 13.5. The van der Waals surface area contributed by atoms with Gasteiger partial charge in [0.15, 0.2) is 23.3 Å². The summed E-state index contributed by atoms with van der Waals surface area (Å²) in [5.74, 6) is -3.57. The van der Waals surface area contributed by atoms with E-state index in [9.17, 15) is 14.3 Å². The van der Waals surface area contributed by atoms with E-state index in [-0.39, 0.29) is 59.9 Å². The van der Waals surface area contributed by atoms with Crippen LogP contribution in [0.5, 0.6) is 0 Å². The SMILES string of the molecule is Cc1cc(Nc2nc(C[C@@]3(C(=O)O)CCN(Cc4cccc(Cl)c4F)[C@H](C)C3)c(F)c(-c3ncccc3C)c2F)n[nH]1. The van der Waals surface area contributed by atoms with E-state index < -0.39 is 34.4 Å². The molecule has 3 N–H and O–H groups in total. The van der Waals surface area contributed by atoms with E-state index in [1.165, 1.54) is 12.3 Å². The highest BCUT2D eigenvalue weighted by atomic mass is 35.5. The van der Waals surface area contributed by atoms with Crippen molar-refractivity contribution in [3.05, 3.63) is 87.6 Å². The van der Waals surface area contributed by atoms with Crippen molar-refractivity contribution >= 4 is 29.2 Å². The first-order valence-corrected chi connectivity index (χ1v) is 13.9. The molecule has 0 radical (unpaired) electrons. The van der Waals surface area contributed by atoms with Crippen molar-refractivity contribution in [1.29, 1.82) is 0 Å². The number of nitrogens with zero attached hydrogens (tertiary/aromatic N) is 4. The molecule has 0 spiro atoms. The lowest BCUT2D eigenvalue weighted by Gasteiger charge is -2.43. The Balaban J connectivity index is 1.51. The molecule has 0 unspecified atom stereocenters. The second kappa shape index (κ2) is 11.7. The van der Waals surface area contributed by atoms with Gasteiger partial charge in [0.25, 0.3) is 0 Å². The van der Waals surface area contributed by atoms with E-state index in [4.69, 9.17) is 11.6 Å². The van der Waals surface area contributed by atoms with Crippen molar-refractivity contribution in [3.8, 4) is 11.3 Å². The molecule has 2 atom stereocenters. The summed E-state index contributed by atoms with van der Waals surface area (Å²) in [5, 5.41) is 20.1. The van der Waals surface area contributed by atoms with Crippen LogP contribution in [0.25, 0.3) is 11.3 Å². The average molecular weight is 599 g/mol. The minimum absolute atomic E-state index is 0.0169. The molecule has 0 bridgehead atoms. The van der Waals surface area contributed by atoms with Crippen LogP contribution in [0.15, 0.2) is 42.6 Å². The molecule has 0 aliphatic carbocycles. The van der Waals surface area contributed by atoms with Crippen LogP contribution in [0.4, 0.5) is 24.8 Å². The van der Waals surface area contributed by atoms with Gasteiger partial charge < -0.3 is 10.4 Å². The van der Waals surface area contributed by atoms with Crippen molar-refractivity contribution in [1.82, 2.24) is 25.1 Å². The van der Waals surface area contributed by atoms with Crippen molar-refractivity contribution in [2.45, 2.75) is 52.6 Å². The van der Waals surface area contributed by atoms with Crippen LogP contribution in [0.3, 0.4) is 0 Å². The van der Waals surface area contributed by atoms with Gasteiger partial charge in [-0.1, -0.05) is 29.8 Å². The summed E-state index contributed by atoms with van der Waals surface area (Å²) in [4.78, 5) is 23.2. The third-order valence-electron chi connectivity index (χ3n) is 7.90. The number of piperidine rings is 1. The number of rotatable bonds is 8. The fourth-order valence-corrected chi connectivity index (χ4v) is 5.79.